The third-order valence-corrected chi connectivity index (χ3v) is 7.90. The normalized spacial score (nSPS) is 11.3. The molecule has 0 unspecified atom stereocenters. The number of anilines is 3. The van der Waals surface area contributed by atoms with Gasteiger partial charge in [0, 0.05) is 62.9 Å². The minimum atomic E-state index is 0.771. The SMILES string of the molecule is CCN(CC[n+]1ccn(C)c1)c1ccc(/N=N/c2ccc(/C=N/N=C(c3ccc(N(C)C)cc3)c3ccc(N(C)C)cc3)cc2)cc1. The van der Waals surface area contributed by atoms with Gasteiger partial charge in [-0.15, -0.1) is 5.10 Å². The Morgan fingerprint density at radius 1 is 0.702 bits per heavy atom. The first-order valence-corrected chi connectivity index (χ1v) is 15.8. The van der Waals surface area contributed by atoms with Crippen molar-refractivity contribution in [1.82, 2.24) is 4.57 Å². The Kier molecular flexibility index (Phi) is 10.9. The number of benzene rings is 4. The van der Waals surface area contributed by atoms with Crippen molar-refractivity contribution < 1.29 is 4.57 Å². The Labute approximate surface area is 278 Å². The van der Waals surface area contributed by atoms with Crippen molar-refractivity contribution in [2.24, 2.45) is 27.5 Å². The molecule has 0 radical (unpaired) electrons. The molecule has 0 fully saturated rings. The number of aromatic nitrogens is 2. The first kappa shape index (κ1) is 32.8. The molecular weight excluding hydrogens is 582 g/mol. The number of aryl methyl sites for hydroxylation is 1. The number of imidazole rings is 1. The second-order valence-electron chi connectivity index (χ2n) is 11.8. The molecule has 0 aliphatic heterocycles. The van der Waals surface area contributed by atoms with Crippen LogP contribution in [0.5, 0.6) is 0 Å². The van der Waals surface area contributed by atoms with E-state index in [0.717, 1.165) is 64.8 Å². The van der Waals surface area contributed by atoms with Gasteiger partial charge >= 0.3 is 0 Å². The van der Waals surface area contributed by atoms with Gasteiger partial charge in [0.25, 0.3) is 0 Å². The number of hydrogen-bond donors (Lipinski definition) is 0. The van der Waals surface area contributed by atoms with Crippen LogP contribution in [-0.2, 0) is 13.6 Å². The van der Waals surface area contributed by atoms with Crippen molar-refractivity contribution in [3.05, 3.63) is 132 Å². The van der Waals surface area contributed by atoms with Crippen LogP contribution in [0.1, 0.15) is 23.6 Å². The molecule has 0 bridgehead atoms. The average Bonchev–Trinajstić information content (AvgIpc) is 3.52. The fraction of sp³-hybridized carbons (Fsp3) is 0.237. The lowest BCUT2D eigenvalue weighted by Crippen LogP contribution is -2.39. The summed E-state index contributed by atoms with van der Waals surface area (Å²) in [5.74, 6) is 0. The zero-order valence-electron chi connectivity index (χ0n) is 28.2. The second kappa shape index (κ2) is 15.6. The van der Waals surface area contributed by atoms with Crippen LogP contribution in [0.3, 0.4) is 0 Å². The van der Waals surface area contributed by atoms with Gasteiger partial charge in [-0.3, -0.25) is 0 Å². The highest BCUT2D eigenvalue weighted by Crippen LogP contribution is 2.23. The van der Waals surface area contributed by atoms with Crippen molar-refractivity contribution in [2.45, 2.75) is 13.5 Å². The molecule has 0 aliphatic carbocycles. The van der Waals surface area contributed by atoms with Crippen LogP contribution in [0.25, 0.3) is 0 Å². The van der Waals surface area contributed by atoms with Gasteiger partial charge in [0.15, 0.2) is 0 Å². The molecule has 240 valence electrons. The Morgan fingerprint density at radius 3 is 1.68 bits per heavy atom. The molecule has 0 spiro atoms. The van der Waals surface area contributed by atoms with Crippen molar-refractivity contribution in [2.75, 3.05) is 56.0 Å². The average molecular weight is 627 g/mol. The fourth-order valence-electron chi connectivity index (χ4n) is 5.08. The molecule has 47 heavy (non-hydrogen) atoms. The number of hydrogen-bond acceptors (Lipinski definition) is 7. The van der Waals surface area contributed by atoms with E-state index >= 15 is 0 Å². The van der Waals surface area contributed by atoms with Gasteiger partial charge in [-0.1, -0.05) is 36.4 Å². The van der Waals surface area contributed by atoms with Crippen molar-refractivity contribution >= 4 is 40.4 Å². The predicted octanol–water partition coefficient (Wildman–Crippen LogP) is 7.26. The fourth-order valence-corrected chi connectivity index (χ4v) is 5.08. The maximum atomic E-state index is 4.67. The lowest BCUT2D eigenvalue weighted by atomic mass is 10.0. The zero-order chi connectivity index (χ0) is 33.2. The van der Waals surface area contributed by atoms with E-state index in [9.17, 15) is 0 Å². The summed E-state index contributed by atoms with van der Waals surface area (Å²) in [5, 5.41) is 18.0. The van der Waals surface area contributed by atoms with E-state index in [1.165, 1.54) is 5.69 Å². The lowest BCUT2D eigenvalue weighted by molar-refractivity contribution is -0.693. The number of nitrogens with zero attached hydrogens (tertiary/aromatic N) is 9. The topological polar surface area (TPSA) is 68.0 Å². The molecule has 9 heteroatoms. The molecule has 0 amide bonds. The lowest BCUT2D eigenvalue weighted by Gasteiger charge is -2.22. The van der Waals surface area contributed by atoms with Gasteiger partial charge in [-0.2, -0.15) is 15.3 Å². The first-order valence-electron chi connectivity index (χ1n) is 15.8. The molecule has 0 saturated carbocycles. The van der Waals surface area contributed by atoms with Gasteiger partial charge in [0.2, 0.25) is 6.33 Å². The highest BCUT2D eigenvalue weighted by atomic mass is 15.2. The largest absolute Gasteiger partial charge is 0.378 e. The summed E-state index contributed by atoms with van der Waals surface area (Å²) in [7, 11) is 10.2. The molecule has 5 rings (SSSR count). The smallest absolute Gasteiger partial charge is 0.243 e. The number of likely N-dealkylation sites (N-methyl/N-ethyl adjacent to an activating group) is 1. The van der Waals surface area contributed by atoms with E-state index in [1.807, 2.05) is 71.6 Å². The van der Waals surface area contributed by atoms with Gasteiger partial charge in [0.05, 0.1) is 31.2 Å². The summed E-state index contributed by atoms with van der Waals surface area (Å²) in [6, 6.07) is 32.8. The van der Waals surface area contributed by atoms with Gasteiger partial charge in [-0.25, -0.2) is 9.13 Å². The Balaban J connectivity index is 1.24. The summed E-state index contributed by atoms with van der Waals surface area (Å²) in [4.78, 5) is 6.52. The Morgan fingerprint density at radius 2 is 1.21 bits per heavy atom. The van der Waals surface area contributed by atoms with E-state index in [2.05, 4.69) is 131 Å². The molecule has 0 saturated heterocycles. The standard InChI is InChI=1S/C38H44N9/c1-7-47(27-26-46-25-24-45(6)29-46)37-22-16-34(17-23-37)41-40-33-14-8-30(9-15-33)28-39-42-38(31-10-18-35(19-11-31)43(2)3)32-12-20-36(21-13-32)44(4)5/h8-25,28-29H,7,26-27H2,1-6H3/q+1/b39-28+,41-40+. The molecule has 9 nitrogen and oxygen atoms in total. The van der Waals surface area contributed by atoms with Crippen molar-refractivity contribution in [3.8, 4) is 0 Å². The number of azo groups is 1. The van der Waals surface area contributed by atoms with Crippen LogP contribution in [0.4, 0.5) is 28.4 Å². The van der Waals surface area contributed by atoms with Crippen molar-refractivity contribution in [3.63, 3.8) is 0 Å². The minimum Gasteiger partial charge on any atom is -0.378 e. The van der Waals surface area contributed by atoms with Gasteiger partial charge < -0.3 is 14.7 Å². The van der Waals surface area contributed by atoms with Crippen LogP contribution in [0.15, 0.2) is 136 Å². The van der Waals surface area contributed by atoms with E-state index in [4.69, 9.17) is 0 Å². The maximum absolute atomic E-state index is 4.67. The van der Waals surface area contributed by atoms with Gasteiger partial charge in [-0.05, 0) is 73.2 Å². The summed E-state index contributed by atoms with van der Waals surface area (Å²) in [5.41, 5.74) is 8.76. The zero-order valence-corrected chi connectivity index (χ0v) is 28.2. The number of rotatable bonds is 13. The molecular formula is C38H44N9+. The monoisotopic (exact) mass is 626 g/mol. The molecule has 0 atom stereocenters. The third kappa shape index (κ3) is 9.00. The predicted molar refractivity (Wildman–Crippen MR) is 195 cm³/mol. The maximum Gasteiger partial charge on any atom is 0.243 e. The highest BCUT2D eigenvalue weighted by Gasteiger charge is 2.10. The van der Waals surface area contributed by atoms with Crippen LogP contribution >= 0.6 is 0 Å². The molecule has 4 aromatic carbocycles. The summed E-state index contributed by atoms with van der Waals surface area (Å²) >= 11 is 0. The summed E-state index contributed by atoms with van der Waals surface area (Å²) < 4.78 is 4.26. The highest BCUT2D eigenvalue weighted by molar-refractivity contribution is 6.13. The van der Waals surface area contributed by atoms with E-state index in [1.54, 1.807) is 6.21 Å². The molecule has 1 aromatic heterocycles. The first-order chi connectivity index (χ1) is 22.8. The molecule has 0 aliphatic rings. The van der Waals surface area contributed by atoms with Gasteiger partial charge in [0.1, 0.15) is 24.7 Å². The van der Waals surface area contributed by atoms with E-state index in [-0.39, 0.29) is 0 Å². The van der Waals surface area contributed by atoms with Crippen molar-refractivity contribution in [1.29, 1.82) is 0 Å². The summed E-state index contributed by atoms with van der Waals surface area (Å²) in [6.45, 7) is 4.98. The second-order valence-corrected chi connectivity index (χ2v) is 11.8. The van der Waals surface area contributed by atoms with E-state index < -0.39 is 0 Å². The molecule has 5 aromatic rings. The Hall–Kier alpha value is -5.57. The van der Waals surface area contributed by atoms with Crippen LogP contribution < -0.4 is 19.3 Å². The molecule has 0 N–H and O–H groups in total. The van der Waals surface area contributed by atoms with E-state index in [0.29, 0.717) is 0 Å². The molecule has 1 heterocycles. The van der Waals surface area contributed by atoms with Crippen LogP contribution in [0.2, 0.25) is 0 Å². The van der Waals surface area contributed by atoms with Crippen LogP contribution in [0, 0.1) is 0 Å². The summed E-state index contributed by atoms with van der Waals surface area (Å²) in [6.07, 6.45) is 8.01. The Bertz CT molecular complexity index is 1740. The minimum absolute atomic E-state index is 0.771. The quantitative estimate of drug-likeness (QED) is 0.0598. The third-order valence-electron chi connectivity index (χ3n) is 7.90. The van der Waals surface area contributed by atoms with Crippen LogP contribution in [-0.4, -0.2) is 57.8 Å².